The van der Waals surface area contributed by atoms with E-state index in [1.807, 2.05) is 47.8 Å². The van der Waals surface area contributed by atoms with Gasteiger partial charge in [0.15, 0.2) is 0 Å². The van der Waals surface area contributed by atoms with Crippen molar-refractivity contribution >= 4 is 22.2 Å². The fraction of sp³-hybridized carbons (Fsp3) is 0. The number of nitriles is 1. The summed E-state index contributed by atoms with van der Waals surface area (Å²) in [5.41, 5.74) is 3.57. The molecule has 2 aromatic heterocycles. The third-order valence-electron chi connectivity index (χ3n) is 3.80. The summed E-state index contributed by atoms with van der Waals surface area (Å²) in [4.78, 5) is 19.8. The Morgan fingerprint density at radius 3 is 2.67 bits per heavy atom. The van der Waals surface area contributed by atoms with Crippen LogP contribution in [0.4, 0.5) is 0 Å². The summed E-state index contributed by atoms with van der Waals surface area (Å²) >= 11 is 1.43. The lowest BCUT2D eigenvalue weighted by molar-refractivity contribution is 1.29. The van der Waals surface area contributed by atoms with Crippen LogP contribution in [0.5, 0.6) is 0 Å². The van der Waals surface area contributed by atoms with E-state index < -0.39 is 0 Å². The molecular weight excluding hydrogens is 318 g/mol. The zero-order chi connectivity index (χ0) is 16.5. The Balaban J connectivity index is 1.78. The Bertz CT molecular complexity index is 1130. The Hall–Kier alpha value is -3.23. The van der Waals surface area contributed by atoms with Crippen molar-refractivity contribution in [3.63, 3.8) is 0 Å². The van der Waals surface area contributed by atoms with E-state index in [9.17, 15) is 4.79 Å². The van der Waals surface area contributed by atoms with Gasteiger partial charge < -0.3 is 4.98 Å². The predicted molar refractivity (Wildman–Crippen MR) is 95.8 cm³/mol. The van der Waals surface area contributed by atoms with Gasteiger partial charge in [-0.15, -0.1) is 11.3 Å². The quantitative estimate of drug-likeness (QED) is 0.599. The van der Waals surface area contributed by atoms with Gasteiger partial charge in [-0.25, -0.2) is 4.98 Å². The molecule has 2 heterocycles. The first kappa shape index (κ1) is 14.4. The number of H-pyrrole nitrogens is 1. The van der Waals surface area contributed by atoms with Crippen molar-refractivity contribution in [2.45, 2.75) is 0 Å². The number of pyridine rings is 1. The highest BCUT2D eigenvalue weighted by molar-refractivity contribution is 7.13. The predicted octanol–water partition coefficient (Wildman–Crippen LogP) is 4.19. The first-order chi connectivity index (χ1) is 11.7. The number of aromatic nitrogens is 2. The molecule has 24 heavy (non-hydrogen) atoms. The third-order valence-corrected chi connectivity index (χ3v) is 4.67. The van der Waals surface area contributed by atoms with Gasteiger partial charge in [0.25, 0.3) is 5.56 Å². The van der Waals surface area contributed by atoms with Crippen LogP contribution in [0.1, 0.15) is 5.56 Å². The number of benzene rings is 2. The molecule has 0 fully saturated rings. The maximum atomic E-state index is 12.3. The van der Waals surface area contributed by atoms with Gasteiger partial charge in [-0.05, 0) is 29.7 Å². The summed E-state index contributed by atoms with van der Waals surface area (Å²) < 4.78 is 0. The summed E-state index contributed by atoms with van der Waals surface area (Å²) in [7, 11) is 0. The van der Waals surface area contributed by atoms with Gasteiger partial charge in [0.2, 0.25) is 0 Å². The van der Waals surface area contributed by atoms with Crippen molar-refractivity contribution in [1.29, 1.82) is 5.26 Å². The van der Waals surface area contributed by atoms with E-state index in [2.05, 4.69) is 16.0 Å². The fourth-order valence-electron chi connectivity index (χ4n) is 2.55. The molecule has 0 spiro atoms. The van der Waals surface area contributed by atoms with Crippen molar-refractivity contribution in [3.8, 4) is 27.9 Å². The molecule has 2 aromatic carbocycles. The average molecular weight is 329 g/mol. The van der Waals surface area contributed by atoms with E-state index in [0.717, 1.165) is 22.2 Å². The first-order valence-corrected chi connectivity index (χ1v) is 8.21. The maximum Gasteiger partial charge on any atom is 0.258 e. The summed E-state index contributed by atoms with van der Waals surface area (Å²) in [6.07, 6.45) is 0. The van der Waals surface area contributed by atoms with E-state index in [1.165, 1.54) is 11.3 Å². The molecule has 0 aliphatic heterocycles. The lowest BCUT2D eigenvalue weighted by Crippen LogP contribution is -2.08. The van der Waals surface area contributed by atoms with Gasteiger partial charge >= 0.3 is 0 Å². The van der Waals surface area contributed by atoms with E-state index in [0.29, 0.717) is 16.1 Å². The Morgan fingerprint density at radius 1 is 1.08 bits per heavy atom. The second-order valence-electron chi connectivity index (χ2n) is 5.33. The Morgan fingerprint density at radius 2 is 1.88 bits per heavy atom. The molecule has 0 saturated carbocycles. The molecule has 0 bridgehead atoms. The Labute approximate surface area is 141 Å². The summed E-state index contributed by atoms with van der Waals surface area (Å²) in [6.45, 7) is 0. The Kier molecular flexibility index (Phi) is 3.45. The minimum Gasteiger partial charge on any atom is -0.321 e. The average Bonchev–Trinajstić information content (AvgIpc) is 3.11. The first-order valence-electron chi connectivity index (χ1n) is 7.33. The molecular formula is C19H11N3OS. The van der Waals surface area contributed by atoms with E-state index >= 15 is 0 Å². The van der Waals surface area contributed by atoms with Crippen molar-refractivity contribution < 1.29 is 0 Å². The number of hydrogen-bond acceptors (Lipinski definition) is 4. The van der Waals surface area contributed by atoms with E-state index in [-0.39, 0.29) is 5.56 Å². The number of rotatable bonds is 2. The lowest BCUT2D eigenvalue weighted by Gasteiger charge is -2.00. The highest BCUT2D eigenvalue weighted by Gasteiger charge is 2.11. The zero-order valence-electron chi connectivity index (χ0n) is 12.5. The van der Waals surface area contributed by atoms with Crippen molar-refractivity contribution in [3.05, 3.63) is 75.9 Å². The number of fused-ring (bicyclic) bond motifs is 1. The summed E-state index contributed by atoms with van der Waals surface area (Å²) in [5.74, 6) is 0. The number of thiazole rings is 1. The van der Waals surface area contributed by atoms with Gasteiger partial charge in [-0.3, -0.25) is 4.79 Å². The van der Waals surface area contributed by atoms with Crippen LogP contribution in [0.3, 0.4) is 0 Å². The number of nitrogens with one attached hydrogen (secondary N) is 1. The number of hydrogen-bond donors (Lipinski definition) is 1. The topological polar surface area (TPSA) is 69.5 Å². The molecule has 0 atom stereocenters. The molecule has 5 heteroatoms. The molecule has 0 amide bonds. The molecule has 0 saturated heterocycles. The molecule has 4 aromatic rings. The zero-order valence-corrected chi connectivity index (χ0v) is 13.3. The van der Waals surface area contributed by atoms with Crippen molar-refractivity contribution in [2.75, 3.05) is 0 Å². The smallest absolute Gasteiger partial charge is 0.258 e. The molecule has 0 aliphatic carbocycles. The molecule has 0 aliphatic rings. The van der Waals surface area contributed by atoms with Crippen LogP contribution in [-0.4, -0.2) is 9.97 Å². The summed E-state index contributed by atoms with van der Waals surface area (Å²) in [6, 6.07) is 18.9. The van der Waals surface area contributed by atoms with Crippen LogP contribution in [0, 0.1) is 11.3 Å². The molecule has 4 nitrogen and oxygen atoms in total. The highest BCUT2D eigenvalue weighted by Crippen LogP contribution is 2.28. The molecule has 114 valence electrons. The van der Waals surface area contributed by atoms with Gasteiger partial charge in [-0.2, -0.15) is 5.26 Å². The van der Waals surface area contributed by atoms with Gasteiger partial charge in [0.1, 0.15) is 5.01 Å². The van der Waals surface area contributed by atoms with Crippen molar-refractivity contribution in [2.24, 2.45) is 0 Å². The maximum absolute atomic E-state index is 12.3. The molecule has 1 N–H and O–H groups in total. The van der Waals surface area contributed by atoms with Gasteiger partial charge in [0.05, 0.1) is 22.9 Å². The van der Waals surface area contributed by atoms with Crippen LogP contribution >= 0.6 is 11.3 Å². The minimum atomic E-state index is -0.144. The molecule has 0 unspecified atom stereocenters. The monoisotopic (exact) mass is 329 g/mol. The van der Waals surface area contributed by atoms with E-state index in [4.69, 9.17) is 5.26 Å². The van der Waals surface area contributed by atoms with Crippen LogP contribution < -0.4 is 5.56 Å². The van der Waals surface area contributed by atoms with Crippen LogP contribution in [0.2, 0.25) is 0 Å². The van der Waals surface area contributed by atoms with Crippen molar-refractivity contribution in [1.82, 2.24) is 9.97 Å². The number of para-hydroxylation sites is 1. The molecule has 0 radical (unpaired) electrons. The summed E-state index contributed by atoms with van der Waals surface area (Å²) in [5, 5.41) is 12.4. The van der Waals surface area contributed by atoms with Gasteiger partial charge in [-0.1, -0.05) is 30.3 Å². The minimum absolute atomic E-state index is 0.144. The van der Waals surface area contributed by atoms with Crippen LogP contribution in [-0.2, 0) is 0 Å². The largest absolute Gasteiger partial charge is 0.321 e. The second kappa shape index (κ2) is 5.76. The van der Waals surface area contributed by atoms with E-state index in [1.54, 1.807) is 12.1 Å². The lowest BCUT2D eigenvalue weighted by atomic mass is 10.1. The number of aromatic amines is 1. The molecule has 4 rings (SSSR count). The SMILES string of the molecule is N#Cc1ccc(-c2csc(-c3cc4ccccc4[nH]c3=O)n2)cc1. The number of nitrogens with zero attached hydrogens (tertiary/aromatic N) is 2. The highest BCUT2D eigenvalue weighted by atomic mass is 32.1. The van der Waals surface area contributed by atoms with Gasteiger partial charge in [0, 0.05) is 16.5 Å². The normalized spacial score (nSPS) is 10.6. The fourth-order valence-corrected chi connectivity index (χ4v) is 3.39. The standard InChI is InChI=1S/C19H11N3OS/c20-10-12-5-7-13(8-6-12)17-11-24-19(22-17)15-9-14-3-1-2-4-16(14)21-18(15)23/h1-9,11H,(H,21,23). The second-order valence-corrected chi connectivity index (χ2v) is 6.18. The van der Waals surface area contributed by atoms with Crippen LogP contribution in [0.15, 0.2) is 64.8 Å². The van der Waals surface area contributed by atoms with Crippen LogP contribution in [0.25, 0.3) is 32.7 Å². The third kappa shape index (κ3) is 2.49.